The fourth-order valence-corrected chi connectivity index (χ4v) is 2.87. The third-order valence-electron chi connectivity index (χ3n) is 3.83. The van der Waals surface area contributed by atoms with E-state index in [1.165, 1.54) is 0 Å². The summed E-state index contributed by atoms with van der Waals surface area (Å²) in [5.41, 5.74) is -0.222. The van der Waals surface area contributed by atoms with Crippen LogP contribution in [0, 0.1) is 11.8 Å². The van der Waals surface area contributed by atoms with Crippen LogP contribution >= 0.6 is 0 Å². The van der Waals surface area contributed by atoms with Gasteiger partial charge in [-0.1, -0.05) is 19.8 Å². The van der Waals surface area contributed by atoms with Crippen molar-refractivity contribution in [3.63, 3.8) is 0 Å². The molecule has 0 spiro atoms. The van der Waals surface area contributed by atoms with E-state index >= 15 is 0 Å². The van der Waals surface area contributed by atoms with E-state index in [0.29, 0.717) is 6.54 Å². The molecule has 2 amide bonds. The van der Waals surface area contributed by atoms with Crippen LogP contribution in [0.4, 0.5) is 4.79 Å². The van der Waals surface area contributed by atoms with Gasteiger partial charge in [0.1, 0.15) is 0 Å². The topological polar surface area (TPSA) is 78.4 Å². The molecule has 0 bridgehead atoms. The van der Waals surface area contributed by atoms with Crippen molar-refractivity contribution in [2.24, 2.45) is 11.8 Å². The minimum Gasteiger partial charge on any atom is -0.481 e. The van der Waals surface area contributed by atoms with E-state index < -0.39 is 5.97 Å². The highest BCUT2D eigenvalue weighted by Gasteiger charge is 2.33. The predicted molar refractivity (Wildman–Crippen MR) is 74.0 cm³/mol. The maximum absolute atomic E-state index is 11.8. The van der Waals surface area contributed by atoms with Gasteiger partial charge in [0.15, 0.2) is 0 Å². The fraction of sp³-hybridized carbons (Fsp3) is 0.857. The second-order valence-electron chi connectivity index (χ2n) is 6.10. The van der Waals surface area contributed by atoms with Gasteiger partial charge in [-0.3, -0.25) is 4.79 Å². The Bertz CT molecular complexity index is 329. The van der Waals surface area contributed by atoms with Gasteiger partial charge in [-0.05, 0) is 39.0 Å². The van der Waals surface area contributed by atoms with Crippen LogP contribution in [0.3, 0.4) is 0 Å². The first-order valence-corrected chi connectivity index (χ1v) is 7.14. The van der Waals surface area contributed by atoms with Crippen molar-refractivity contribution in [2.75, 3.05) is 6.54 Å². The molecule has 5 heteroatoms. The lowest BCUT2D eigenvalue weighted by Crippen LogP contribution is -2.49. The molecule has 3 N–H and O–H groups in total. The quantitative estimate of drug-likeness (QED) is 0.693. The molecule has 0 aromatic carbocycles. The maximum Gasteiger partial charge on any atom is 0.315 e. The van der Waals surface area contributed by atoms with Gasteiger partial charge in [0, 0.05) is 12.1 Å². The Morgan fingerprint density at radius 2 is 2.00 bits per heavy atom. The van der Waals surface area contributed by atoms with E-state index in [-0.39, 0.29) is 23.4 Å². The summed E-state index contributed by atoms with van der Waals surface area (Å²) >= 11 is 0. The Morgan fingerprint density at radius 3 is 2.58 bits per heavy atom. The van der Waals surface area contributed by atoms with Gasteiger partial charge >= 0.3 is 12.0 Å². The molecular weight excluding hydrogens is 244 g/mol. The van der Waals surface area contributed by atoms with Gasteiger partial charge in [-0.2, -0.15) is 0 Å². The molecule has 0 aromatic heterocycles. The highest BCUT2D eigenvalue weighted by atomic mass is 16.4. The maximum atomic E-state index is 11.8. The van der Waals surface area contributed by atoms with Crippen molar-refractivity contribution in [2.45, 2.75) is 58.4 Å². The molecule has 0 saturated heterocycles. The Labute approximate surface area is 115 Å². The molecule has 110 valence electrons. The van der Waals surface area contributed by atoms with Gasteiger partial charge in [0.2, 0.25) is 0 Å². The third kappa shape index (κ3) is 5.09. The predicted octanol–water partition coefficient (Wildman–Crippen LogP) is 2.37. The molecule has 1 saturated carbocycles. The summed E-state index contributed by atoms with van der Waals surface area (Å²) < 4.78 is 0. The zero-order valence-corrected chi connectivity index (χ0v) is 12.2. The molecule has 1 rings (SSSR count). The number of carbonyl (C=O) groups excluding carboxylic acids is 1. The van der Waals surface area contributed by atoms with Gasteiger partial charge in [-0.25, -0.2) is 4.79 Å². The number of urea groups is 1. The van der Waals surface area contributed by atoms with E-state index in [1.54, 1.807) is 0 Å². The normalized spacial score (nSPS) is 23.1. The molecule has 19 heavy (non-hydrogen) atoms. The van der Waals surface area contributed by atoms with Crippen molar-refractivity contribution in [3.05, 3.63) is 0 Å². The molecule has 0 aliphatic heterocycles. The summed E-state index contributed by atoms with van der Waals surface area (Å²) in [6, 6.07) is -0.200. The summed E-state index contributed by atoms with van der Waals surface area (Å²) in [7, 11) is 0. The van der Waals surface area contributed by atoms with Gasteiger partial charge in [0.05, 0.1) is 5.92 Å². The molecule has 0 aromatic rings. The summed E-state index contributed by atoms with van der Waals surface area (Å²) in [5, 5.41) is 14.8. The van der Waals surface area contributed by atoms with Crippen molar-refractivity contribution in [1.29, 1.82) is 0 Å². The Morgan fingerprint density at radius 1 is 1.32 bits per heavy atom. The number of rotatable bonds is 6. The average Bonchev–Trinajstić information content (AvgIpc) is 2.73. The lowest BCUT2D eigenvalue weighted by molar-refractivity contribution is -0.142. The van der Waals surface area contributed by atoms with E-state index in [4.69, 9.17) is 5.11 Å². The Balaban J connectivity index is 2.36. The number of aliphatic carboxylic acids is 1. The minimum absolute atomic E-state index is 0.0672. The Kier molecular flexibility index (Phi) is 5.63. The molecule has 1 aliphatic rings. The summed E-state index contributed by atoms with van der Waals surface area (Å²) in [5.74, 6) is -0.975. The van der Waals surface area contributed by atoms with E-state index in [1.807, 2.05) is 13.8 Å². The van der Waals surface area contributed by atoms with Crippen molar-refractivity contribution < 1.29 is 14.7 Å². The van der Waals surface area contributed by atoms with Crippen LogP contribution < -0.4 is 10.6 Å². The zero-order valence-electron chi connectivity index (χ0n) is 12.2. The van der Waals surface area contributed by atoms with Crippen LogP contribution in [0.15, 0.2) is 0 Å². The van der Waals surface area contributed by atoms with Gasteiger partial charge in [-0.15, -0.1) is 0 Å². The van der Waals surface area contributed by atoms with Crippen LogP contribution in [-0.2, 0) is 4.79 Å². The van der Waals surface area contributed by atoms with Crippen molar-refractivity contribution >= 4 is 12.0 Å². The van der Waals surface area contributed by atoms with Crippen LogP contribution in [-0.4, -0.2) is 29.2 Å². The fourth-order valence-electron chi connectivity index (χ4n) is 2.87. The monoisotopic (exact) mass is 270 g/mol. The number of carbonyl (C=O) groups is 2. The number of hydrogen-bond donors (Lipinski definition) is 3. The van der Waals surface area contributed by atoms with Crippen molar-refractivity contribution in [1.82, 2.24) is 10.6 Å². The Hall–Kier alpha value is -1.26. The smallest absolute Gasteiger partial charge is 0.315 e. The lowest BCUT2D eigenvalue weighted by atomic mass is 9.96. The molecule has 1 aliphatic carbocycles. The first-order chi connectivity index (χ1) is 8.85. The lowest BCUT2D eigenvalue weighted by Gasteiger charge is -2.26. The van der Waals surface area contributed by atoms with Gasteiger partial charge < -0.3 is 15.7 Å². The second-order valence-corrected chi connectivity index (χ2v) is 6.10. The van der Waals surface area contributed by atoms with E-state index in [0.717, 1.165) is 32.1 Å². The largest absolute Gasteiger partial charge is 0.481 e. The number of amides is 2. The van der Waals surface area contributed by atoms with E-state index in [9.17, 15) is 9.59 Å². The molecule has 2 atom stereocenters. The number of carboxylic acid groups (broad SMARTS) is 1. The first kappa shape index (κ1) is 15.8. The summed E-state index contributed by atoms with van der Waals surface area (Å²) in [6.45, 7) is 6.51. The second kappa shape index (κ2) is 6.78. The average molecular weight is 270 g/mol. The molecule has 2 unspecified atom stereocenters. The third-order valence-corrected chi connectivity index (χ3v) is 3.83. The van der Waals surface area contributed by atoms with E-state index in [2.05, 4.69) is 17.6 Å². The highest BCUT2D eigenvalue weighted by molar-refractivity contribution is 5.75. The zero-order chi connectivity index (χ0) is 14.5. The first-order valence-electron chi connectivity index (χ1n) is 7.14. The molecule has 0 radical (unpaired) electrons. The summed E-state index contributed by atoms with van der Waals surface area (Å²) in [4.78, 5) is 22.8. The van der Waals surface area contributed by atoms with Crippen LogP contribution in [0.1, 0.15) is 52.9 Å². The number of hydrogen-bond acceptors (Lipinski definition) is 2. The highest BCUT2D eigenvalue weighted by Crippen LogP contribution is 2.31. The van der Waals surface area contributed by atoms with Crippen LogP contribution in [0.2, 0.25) is 0 Å². The van der Waals surface area contributed by atoms with Crippen molar-refractivity contribution in [3.8, 4) is 0 Å². The van der Waals surface area contributed by atoms with Gasteiger partial charge in [0.25, 0.3) is 0 Å². The standard InChI is InChI=1S/C14H26N2O3/c1-4-8-14(2,3)16-13(19)15-9-10-6-5-7-11(10)12(17)18/h10-11H,4-9H2,1-3H3,(H,17,18)(H2,15,16,19). The molecule has 5 nitrogen and oxygen atoms in total. The minimum atomic E-state index is -0.740. The molecule has 0 heterocycles. The number of nitrogens with one attached hydrogen (secondary N) is 2. The molecule has 1 fully saturated rings. The van der Waals surface area contributed by atoms with Crippen LogP contribution in [0.5, 0.6) is 0 Å². The number of carboxylic acids is 1. The molecular formula is C14H26N2O3. The summed E-state index contributed by atoms with van der Waals surface area (Å²) in [6.07, 6.45) is 4.48. The SMILES string of the molecule is CCCC(C)(C)NC(=O)NCC1CCCC1C(=O)O. The van der Waals surface area contributed by atoms with Crippen LogP contribution in [0.25, 0.3) is 0 Å².